The standard InChI is InChI=1S/C14H22N6S3/c1-21-14(17-2-4-22-8-12-6-15-10-19-12)18-3-5-23-9-13-7-16-11-20-13/h6-7,10-11H,2-5,8-9H2,1H3,(H,15,19)(H,16,20)(H,17,18). The van der Waals surface area contributed by atoms with Gasteiger partial charge >= 0.3 is 0 Å². The van der Waals surface area contributed by atoms with Crippen LogP contribution in [0.2, 0.25) is 0 Å². The van der Waals surface area contributed by atoms with Crippen LogP contribution in [0.25, 0.3) is 0 Å². The highest BCUT2D eigenvalue weighted by atomic mass is 32.2. The number of H-pyrrole nitrogens is 2. The van der Waals surface area contributed by atoms with E-state index in [1.54, 1.807) is 24.4 Å². The number of nitrogens with zero attached hydrogens (tertiary/aromatic N) is 3. The lowest BCUT2D eigenvalue weighted by molar-refractivity contribution is 0.975. The molecule has 0 atom stereocenters. The van der Waals surface area contributed by atoms with Gasteiger partial charge in [-0.2, -0.15) is 23.5 Å². The van der Waals surface area contributed by atoms with Crippen molar-refractivity contribution in [1.29, 1.82) is 0 Å². The molecule has 0 spiro atoms. The van der Waals surface area contributed by atoms with Gasteiger partial charge in [0.2, 0.25) is 0 Å². The molecule has 2 rings (SSSR count). The van der Waals surface area contributed by atoms with E-state index < -0.39 is 0 Å². The van der Waals surface area contributed by atoms with Crippen LogP contribution >= 0.6 is 35.3 Å². The molecule has 0 aliphatic rings. The topological polar surface area (TPSA) is 81.8 Å². The Morgan fingerprint density at radius 1 is 1.09 bits per heavy atom. The van der Waals surface area contributed by atoms with Gasteiger partial charge in [0.1, 0.15) is 0 Å². The summed E-state index contributed by atoms with van der Waals surface area (Å²) in [5.41, 5.74) is 2.33. The van der Waals surface area contributed by atoms with Gasteiger partial charge in [0.15, 0.2) is 5.17 Å². The van der Waals surface area contributed by atoms with E-state index in [1.165, 1.54) is 5.69 Å². The van der Waals surface area contributed by atoms with Crippen molar-refractivity contribution in [2.45, 2.75) is 11.5 Å². The highest BCUT2D eigenvalue weighted by Gasteiger charge is 1.98. The molecule has 2 aromatic heterocycles. The molecule has 0 aliphatic carbocycles. The molecule has 0 unspecified atom stereocenters. The summed E-state index contributed by atoms with van der Waals surface area (Å²) in [6, 6.07) is 0. The molecule has 3 N–H and O–H groups in total. The maximum Gasteiger partial charge on any atom is 0.156 e. The number of thioether (sulfide) groups is 3. The van der Waals surface area contributed by atoms with Gasteiger partial charge in [0.25, 0.3) is 0 Å². The summed E-state index contributed by atoms with van der Waals surface area (Å²) in [5, 5.41) is 4.42. The molecular weight excluding hydrogens is 348 g/mol. The maximum atomic E-state index is 4.60. The second-order valence-electron chi connectivity index (χ2n) is 4.58. The van der Waals surface area contributed by atoms with E-state index in [-0.39, 0.29) is 0 Å². The monoisotopic (exact) mass is 370 g/mol. The summed E-state index contributed by atoms with van der Waals surface area (Å²) in [5.74, 6) is 3.99. The van der Waals surface area contributed by atoms with E-state index in [0.29, 0.717) is 0 Å². The average Bonchev–Trinajstić information content (AvgIpc) is 3.26. The second-order valence-corrected chi connectivity index (χ2v) is 7.58. The van der Waals surface area contributed by atoms with E-state index >= 15 is 0 Å². The van der Waals surface area contributed by atoms with Crippen LogP contribution in [0.15, 0.2) is 30.0 Å². The predicted molar refractivity (Wildman–Crippen MR) is 103 cm³/mol. The number of nitrogens with one attached hydrogen (secondary N) is 3. The molecule has 0 amide bonds. The zero-order chi connectivity index (χ0) is 16.2. The molecule has 0 radical (unpaired) electrons. The lowest BCUT2D eigenvalue weighted by Gasteiger charge is -2.07. The molecule has 0 fully saturated rings. The molecular formula is C14H22N6S3. The normalized spacial score (nSPS) is 11.8. The quantitative estimate of drug-likeness (QED) is 0.339. The van der Waals surface area contributed by atoms with Gasteiger partial charge < -0.3 is 15.3 Å². The summed E-state index contributed by atoms with van der Waals surface area (Å²) in [6.45, 7) is 1.77. The molecule has 0 aromatic carbocycles. The van der Waals surface area contributed by atoms with Crippen LogP contribution in [0.1, 0.15) is 11.4 Å². The number of aromatic nitrogens is 4. The maximum absolute atomic E-state index is 4.60. The molecule has 2 aromatic rings. The Morgan fingerprint density at radius 3 is 2.30 bits per heavy atom. The zero-order valence-electron chi connectivity index (χ0n) is 13.1. The Labute approximate surface area is 149 Å². The third-order valence-electron chi connectivity index (χ3n) is 2.83. The summed E-state index contributed by atoms with van der Waals surface area (Å²) >= 11 is 5.42. The van der Waals surface area contributed by atoms with Crippen molar-refractivity contribution < 1.29 is 0 Å². The van der Waals surface area contributed by atoms with Crippen molar-refractivity contribution in [3.8, 4) is 0 Å². The van der Waals surface area contributed by atoms with E-state index in [2.05, 4.69) is 36.5 Å². The molecule has 23 heavy (non-hydrogen) atoms. The van der Waals surface area contributed by atoms with E-state index in [4.69, 9.17) is 0 Å². The van der Waals surface area contributed by atoms with Crippen LogP contribution < -0.4 is 5.32 Å². The van der Waals surface area contributed by atoms with Gasteiger partial charge in [0.05, 0.1) is 19.2 Å². The minimum atomic E-state index is 0.837. The molecule has 9 heteroatoms. The Morgan fingerprint density at radius 2 is 1.74 bits per heavy atom. The van der Waals surface area contributed by atoms with Crippen molar-refractivity contribution in [3.05, 3.63) is 36.4 Å². The fourth-order valence-corrected chi connectivity index (χ4v) is 3.70. The highest BCUT2D eigenvalue weighted by Crippen LogP contribution is 2.09. The molecule has 6 nitrogen and oxygen atoms in total. The lowest BCUT2D eigenvalue weighted by atomic mass is 10.6. The van der Waals surface area contributed by atoms with E-state index in [9.17, 15) is 0 Å². The summed E-state index contributed by atoms with van der Waals surface area (Å²) in [6.07, 6.45) is 9.23. The molecule has 126 valence electrons. The van der Waals surface area contributed by atoms with Gasteiger partial charge in [-0.25, -0.2) is 9.97 Å². The molecule has 0 saturated carbocycles. The van der Waals surface area contributed by atoms with E-state index in [0.717, 1.165) is 47.0 Å². The SMILES string of the molecule is CSC(=NCCSCc1cnc[nH]1)NCCSCc1cnc[nH]1. The first kappa shape index (κ1) is 18.3. The lowest BCUT2D eigenvalue weighted by Crippen LogP contribution is -2.23. The first-order valence-corrected chi connectivity index (χ1v) is 10.8. The minimum absolute atomic E-state index is 0.837. The van der Waals surface area contributed by atoms with Gasteiger partial charge in [-0.3, -0.25) is 4.99 Å². The number of rotatable bonds is 10. The van der Waals surface area contributed by atoms with Crippen LogP contribution in [-0.2, 0) is 11.5 Å². The number of amidine groups is 1. The Kier molecular flexibility index (Phi) is 9.12. The van der Waals surface area contributed by atoms with Gasteiger partial charge in [-0.05, 0) is 6.26 Å². The number of aliphatic imine (C=N–C) groups is 1. The minimum Gasteiger partial charge on any atom is -0.364 e. The first-order chi connectivity index (χ1) is 11.4. The van der Waals surface area contributed by atoms with E-state index in [1.807, 2.05) is 35.9 Å². The molecule has 2 heterocycles. The van der Waals surface area contributed by atoms with Crippen molar-refractivity contribution >= 4 is 40.5 Å². The average molecular weight is 371 g/mol. The fraction of sp³-hybridized carbons (Fsp3) is 0.500. The first-order valence-electron chi connectivity index (χ1n) is 7.31. The van der Waals surface area contributed by atoms with Crippen LogP contribution in [0, 0.1) is 0 Å². The van der Waals surface area contributed by atoms with Crippen molar-refractivity contribution in [2.75, 3.05) is 30.9 Å². The number of hydrogen-bond acceptors (Lipinski definition) is 6. The summed E-state index contributed by atoms with van der Waals surface area (Å²) in [7, 11) is 0. The fourth-order valence-electron chi connectivity index (χ4n) is 1.73. The summed E-state index contributed by atoms with van der Waals surface area (Å²) < 4.78 is 0. The number of hydrogen-bond donors (Lipinski definition) is 3. The van der Waals surface area contributed by atoms with Gasteiger partial charge in [-0.15, -0.1) is 0 Å². The van der Waals surface area contributed by atoms with Gasteiger partial charge in [0, 0.05) is 53.3 Å². The van der Waals surface area contributed by atoms with Gasteiger partial charge in [-0.1, -0.05) is 11.8 Å². The smallest absolute Gasteiger partial charge is 0.156 e. The number of aromatic amines is 2. The van der Waals surface area contributed by atoms with Crippen LogP contribution in [0.5, 0.6) is 0 Å². The molecule has 0 saturated heterocycles. The predicted octanol–water partition coefficient (Wildman–Crippen LogP) is 2.61. The highest BCUT2D eigenvalue weighted by molar-refractivity contribution is 8.13. The molecule has 0 bridgehead atoms. The van der Waals surface area contributed by atoms with Crippen molar-refractivity contribution in [2.24, 2.45) is 4.99 Å². The Bertz CT molecular complexity index is 541. The third kappa shape index (κ3) is 7.85. The largest absolute Gasteiger partial charge is 0.364 e. The second kappa shape index (κ2) is 11.5. The van der Waals surface area contributed by atoms with Crippen LogP contribution in [0.4, 0.5) is 0 Å². The number of imidazole rings is 2. The molecule has 0 aliphatic heterocycles. The van der Waals surface area contributed by atoms with Crippen molar-refractivity contribution in [3.63, 3.8) is 0 Å². The third-order valence-corrected chi connectivity index (χ3v) is 5.49. The Hall–Kier alpha value is -1.06. The van der Waals surface area contributed by atoms with Crippen molar-refractivity contribution in [1.82, 2.24) is 25.3 Å². The zero-order valence-corrected chi connectivity index (χ0v) is 15.6. The summed E-state index contributed by atoms with van der Waals surface area (Å²) in [4.78, 5) is 18.8. The van der Waals surface area contributed by atoms with Crippen LogP contribution in [0.3, 0.4) is 0 Å². The van der Waals surface area contributed by atoms with Crippen LogP contribution in [-0.4, -0.2) is 56.0 Å². The Balaban J connectivity index is 1.51.